The quantitative estimate of drug-likeness (QED) is 0.571. The number of thiol groups is 1. The van der Waals surface area contributed by atoms with Gasteiger partial charge in [0, 0.05) is 24.1 Å². The van der Waals surface area contributed by atoms with Gasteiger partial charge in [-0.2, -0.15) is 0 Å². The molecule has 1 heterocycles. The number of H-pyrrole nitrogens is 1. The van der Waals surface area contributed by atoms with Gasteiger partial charge in [0.1, 0.15) is 4.32 Å². The predicted octanol–water partition coefficient (Wildman–Crippen LogP) is 2.82. The van der Waals surface area contributed by atoms with Crippen LogP contribution < -0.4 is 4.90 Å². The predicted molar refractivity (Wildman–Crippen MR) is 68.3 cm³/mol. The van der Waals surface area contributed by atoms with Gasteiger partial charge in [-0.25, -0.2) is 0 Å². The van der Waals surface area contributed by atoms with Crippen LogP contribution in [0, 0.1) is 0 Å². The van der Waals surface area contributed by atoms with Gasteiger partial charge < -0.3 is 9.88 Å². The summed E-state index contributed by atoms with van der Waals surface area (Å²) in [5, 5.41) is 1.16. The molecule has 0 amide bonds. The Kier molecular flexibility index (Phi) is 2.48. The lowest BCUT2D eigenvalue weighted by Gasteiger charge is -2.14. The number of aromatic amines is 1. The van der Waals surface area contributed by atoms with Crippen LogP contribution in [0.3, 0.4) is 0 Å². The number of para-hydroxylation sites is 1. The highest BCUT2D eigenvalue weighted by molar-refractivity contribution is 8.11. The van der Waals surface area contributed by atoms with Crippen LogP contribution in [-0.4, -0.2) is 16.4 Å². The zero-order valence-electron chi connectivity index (χ0n) is 7.69. The maximum Gasteiger partial charge on any atom is 0.137 e. The summed E-state index contributed by atoms with van der Waals surface area (Å²) >= 11 is 9.15. The first-order chi connectivity index (χ1) is 6.70. The molecule has 1 N–H and O–H groups in total. The molecule has 0 saturated heterocycles. The number of nitrogens with one attached hydrogen (secondary N) is 1. The molecule has 1 aromatic carbocycles. The van der Waals surface area contributed by atoms with Crippen LogP contribution in [0.25, 0.3) is 10.9 Å². The topological polar surface area (TPSA) is 19.0 Å². The summed E-state index contributed by atoms with van der Waals surface area (Å²) in [6.45, 7) is 0. The van der Waals surface area contributed by atoms with E-state index in [1.807, 2.05) is 36.3 Å². The average Bonchev–Trinajstić information content (AvgIpc) is 2.60. The minimum atomic E-state index is 0.565. The van der Waals surface area contributed by atoms with Crippen LogP contribution in [0.15, 0.2) is 30.5 Å². The molecule has 0 atom stereocenters. The van der Waals surface area contributed by atoms with E-state index >= 15 is 0 Å². The first-order valence-electron chi connectivity index (χ1n) is 4.23. The third kappa shape index (κ3) is 1.51. The molecule has 0 aliphatic rings. The van der Waals surface area contributed by atoms with E-state index in [0.717, 1.165) is 16.6 Å². The van der Waals surface area contributed by atoms with Gasteiger partial charge >= 0.3 is 0 Å². The zero-order valence-corrected chi connectivity index (χ0v) is 9.40. The molecule has 0 aliphatic carbocycles. The number of fused-ring (bicyclic) bond motifs is 1. The smallest absolute Gasteiger partial charge is 0.137 e. The number of aromatic nitrogens is 1. The van der Waals surface area contributed by atoms with Crippen LogP contribution in [0.2, 0.25) is 0 Å². The Balaban J connectivity index is 2.58. The molecule has 0 fully saturated rings. The second kappa shape index (κ2) is 3.63. The van der Waals surface area contributed by atoms with Crippen molar-refractivity contribution < 1.29 is 0 Å². The van der Waals surface area contributed by atoms with E-state index in [2.05, 4.69) is 23.7 Å². The fraction of sp³-hybridized carbons (Fsp3) is 0.100. The van der Waals surface area contributed by atoms with E-state index in [0.29, 0.717) is 4.32 Å². The summed E-state index contributed by atoms with van der Waals surface area (Å²) in [7, 11) is 1.91. The second-order valence-corrected chi connectivity index (χ2v) is 4.17. The average molecular weight is 222 g/mol. The Labute approximate surface area is 93.3 Å². The van der Waals surface area contributed by atoms with Gasteiger partial charge in [-0.05, 0) is 6.07 Å². The molecule has 72 valence electrons. The number of hydrogen-bond donors (Lipinski definition) is 2. The number of thiocarbonyl (C=S) groups is 1. The van der Waals surface area contributed by atoms with Crippen molar-refractivity contribution in [2.75, 3.05) is 11.9 Å². The summed E-state index contributed by atoms with van der Waals surface area (Å²) in [5.74, 6) is 0. The largest absolute Gasteiger partial charge is 0.359 e. The Bertz CT molecular complexity index is 476. The highest BCUT2D eigenvalue weighted by Crippen LogP contribution is 2.26. The normalized spacial score (nSPS) is 10.4. The van der Waals surface area contributed by atoms with E-state index in [4.69, 9.17) is 12.2 Å². The summed E-state index contributed by atoms with van der Waals surface area (Å²) in [6, 6.07) is 8.11. The standard InChI is InChI=1S/C10H10N2S2/c1-12(10(13)14)9-6-11-8-5-3-2-4-7(8)9/h2-6,11H,1H3,(H,13,14). The van der Waals surface area contributed by atoms with E-state index in [1.165, 1.54) is 0 Å². The highest BCUT2D eigenvalue weighted by Gasteiger charge is 2.08. The number of hydrogen-bond acceptors (Lipinski definition) is 1. The van der Waals surface area contributed by atoms with Crippen molar-refractivity contribution in [3.05, 3.63) is 30.5 Å². The molecular weight excluding hydrogens is 212 g/mol. The molecule has 1 aromatic heterocycles. The third-order valence-corrected chi connectivity index (χ3v) is 2.79. The van der Waals surface area contributed by atoms with Gasteiger partial charge in [-0.15, -0.1) is 12.6 Å². The summed E-state index contributed by atoms with van der Waals surface area (Å²) < 4.78 is 0.565. The first-order valence-corrected chi connectivity index (χ1v) is 5.08. The molecule has 0 aliphatic heterocycles. The van der Waals surface area contributed by atoms with E-state index in [9.17, 15) is 0 Å². The first kappa shape index (κ1) is 9.55. The van der Waals surface area contributed by atoms with Crippen molar-refractivity contribution in [1.82, 2.24) is 4.98 Å². The van der Waals surface area contributed by atoms with Gasteiger partial charge in [0.05, 0.1) is 5.69 Å². The number of rotatable bonds is 1. The summed E-state index contributed by atoms with van der Waals surface area (Å²) in [6.07, 6.45) is 1.94. The van der Waals surface area contributed by atoms with Gasteiger partial charge in [0.25, 0.3) is 0 Å². The zero-order chi connectivity index (χ0) is 10.1. The monoisotopic (exact) mass is 222 g/mol. The summed E-state index contributed by atoms with van der Waals surface area (Å²) in [5.41, 5.74) is 2.17. The van der Waals surface area contributed by atoms with Crippen molar-refractivity contribution in [2.45, 2.75) is 0 Å². The molecule has 14 heavy (non-hydrogen) atoms. The highest BCUT2D eigenvalue weighted by atomic mass is 32.1. The molecule has 2 nitrogen and oxygen atoms in total. The van der Waals surface area contributed by atoms with Gasteiger partial charge in [-0.3, -0.25) is 0 Å². The molecular formula is C10H10N2S2. The number of nitrogens with zero attached hydrogens (tertiary/aromatic N) is 1. The van der Waals surface area contributed by atoms with Crippen molar-refractivity contribution in [1.29, 1.82) is 0 Å². The molecule has 0 saturated carbocycles. The maximum absolute atomic E-state index is 5.01. The van der Waals surface area contributed by atoms with Crippen molar-refractivity contribution >= 4 is 45.8 Å². The molecule has 2 rings (SSSR count). The van der Waals surface area contributed by atoms with E-state index in [-0.39, 0.29) is 0 Å². The van der Waals surface area contributed by atoms with E-state index in [1.54, 1.807) is 0 Å². The molecule has 0 bridgehead atoms. The second-order valence-electron chi connectivity index (χ2n) is 3.06. The Morgan fingerprint density at radius 2 is 2.14 bits per heavy atom. The van der Waals surface area contributed by atoms with Crippen molar-refractivity contribution in [3.8, 4) is 0 Å². The lowest BCUT2D eigenvalue weighted by Crippen LogP contribution is -2.18. The lowest BCUT2D eigenvalue weighted by molar-refractivity contribution is 1.32. The molecule has 4 heteroatoms. The molecule has 0 radical (unpaired) electrons. The third-order valence-electron chi connectivity index (χ3n) is 2.22. The van der Waals surface area contributed by atoms with Crippen LogP contribution in [-0.2, 0) is 0 Å². The molecule has 0 spiro atoms. The van der Waals surface area contributed by atoms with Gasteiger partial charge in [0.15, 0.2) is 0 Å². The minimum absolute atomic E-state index is 0.565. The fourth-order valence-corrected chi connectivity index (χ4v) is 1.64. The minimum Gasteiger partial charge on any atom is -0.359 e. The summed E-state index contributed by atoms with van der Waals surface area (Å²) in [4.78, 5) is 5.06. The van der Waals surface area contributed by atoms with Crippen molar-refractivity contribution in [3.63, 3.8) is 0 Å². The van der Waals surface area contributed by atoms with Crippen LogP contribution in [0.4, 0.5) is 5.69 Å². The van der Waals surface area contributed by atoms with Gasteiger partial charge in [0.2, 0.25) is 0 Å². The number of benzene rings is 1. The maximum atomic E-state index is 5.01. The van der Waals surface area contributed by atoms with E-state index < -0.39 is 0 Å². The lowest BCUT2D eigenvalue weighted by atomic mass is 10.2. The molecule has 2 aromatic rings. The van der Waals surface area contributed by atoms with Crippen molar-refractivity contribution in [2.24, 2.45) is 0 Å². The SMILES string of the molecule is CN(C(=S)S)c1c[nH]c2ccccc12. The Hall–Kier alpha value is -1.00. The number of anilines is 1. The van der Waals surface area contributed by atoms with Crippen LogP contribution in [0.1, 0.15) is 0 Å². The van der Waals surface area contributed by atoms with Crippen LogP contribution in [0.5, 0.6) is 0 Å². The van der Waals surface area contributed by atoms with Crippen LogP contribution >= 0.6 is 24.8 Å². The van der Waals surface area contributed by atoms with Gasteiger partial charge in [-0.1, -0.05) is 30.4 Å². The Morgan fingerprint density at radius 3 is 2.86 bits per heavy atom. The fourth-order valence-electron chi connectivity index (χ4n) is 1.44. The Morgan fingerprint density at radius 1 is 1.43 bits per heavy atom. The molecule has 0 unspecified atom stereocenters.